The number of likely N-dealkylation sites (tertiary alicyclic amines) is 1. The first-order valence-electron chi connectivity index (χ1n) is 10.7. The van der Waals surface area contributed by atoms with Crippen molar-refractivity contribution in [3.63, 3.8) is 0 Å². The molecule has 0 spiro atoms. The van der Waals surface area contributed by atoms with Gasteiger partial charge >= 0.3 is 0 Å². The third-order valence-corrected chi connectivity index (χ3v) is 6.34. The summed E-state index contributed by atoms with van der Waals surface area (Å²) in [5, 5.41) is 6.14. The molecule has 3 aromatic rings. The van der Waals surface area contributed by atoms with Crippen LogP contribution in [-0.2, 0) is 16.0 Å². The fourth-order valence-corrected chi connectivity index (χ4v) is 4.69. The number of aryl methyl sites for hydroxylation is 1. The fourth-order valence-electron chi connectivity index (χ4n) is 3.84. The number of thiazole rings is 1. The lowest BCUT2D eigenvalue weighted by molar-refractivity contribution is -0.142. The summed E-state index contributed by atoms with van der Waals surface area (Å²) in [6, 6.07) is 12.9. The van der Waals surface area contributed by atoms with Gasteiger partial charge in [0.15, 0.2) is 0 Å². The Balaban J connectivity index is 1.34. The number of nitrogens with one attached hydrogen (secondary N) is 1. The Labute approximate surface area is 186 Å². The zero-order valence-corrected chi connectivity index (χ0v) is 18.2. The molecule has 1 aliphatic heterocycles. The Morgan fingerprint density at radius 3 is 2.71 bits per heavy atom. The van der Waals surface area contributed by atoms with Gasteiger partial charge in [0.25, 0.3) is 0 Å². The number of amides is 2. The van der Waals surface area contributed by atoms with Crippen molar-refractivity contribution >= 4 is 23.2 Å². The van der Waals surface area contributed by atoms with E-state index in [1.54, 1.807) is 28.6 Å². The molecule has 1 fully saturated rings. The van der Waals surface area contributed by atoms with E-state index in [0.29, 0.717) is 19.5 Å². The first-order valence-corrected chi connectivity index (χ1v) is 11.6. The molecular weight excluding hydrogens is 408 g/mol. The molecule has 6 nitrogen and oxygen atoms in total. The maximum Gasteiger partial charge on any atom is 0.247 e. The van der Waals surface area contributed by atoms with Gasteiger partial charge in [-0.3, -0.25) is 14.6 Å². The molecule has 2 amide bonds. The van der Waals surface area contributed by atoms with Crippen molar-refractivity contribution in [2.24, 2.45) is 0 Å². The van der Waals surface area contributed by atoms with Crippen molar-refractivity contribution < 1.29 is 9.59 Å². The Morgan fingerprint density at radius 1 is 1.13 bits per heavy atom. The molecule has 0 bridgehead atoms. The molecule has 1 N–H and O–H groups in total. The summed E-state index contributed by atoms with van der Waals surface area (Å²) in [7, 11) is 0. The Morgan fingerprint density at radius 2 is 1.94 bits per heavy atom. The van der Waals surface area contributed by atoms with Crippen molar-refractivity contribution in [2.75, 3.05) is 13.1 Å². The number of carbonyl (C=O) groups excluding carboxylic acids is 2. The van der Waals surface area contributed by atoms with Crippen LogP contribution in [0.3, 0.4) is 0 Å². The smallest absolute Gasteiger partial charge is 0.247 e. The summed E-state index contributed by atoms with van der Waals surface area (Å²) in [4.78, 5) is 36.0. The summed E-state index contributed by atoms with van der Waals surface area (Å²) >= 11 is 1.63. The summed E-state index contributed by atoms with van der Waals surface area (Å²) in [6.07, 6.45) is 7.47. The molecule has 0 radical (unpaired) electrons. The summed E-state index contributed by atoms with van der Waals surface area (Å²) in [5.74, 6) is -0.0558. The summed E-state index contributed by atoms with van der Waals surface area (Å²) < 4.78 is 0. The normalized spacial score (nSPS) is 15.0. The van der Waals surface area contributed by atoms with Gasteiger partial charge in [-0.1, -0.05) is 30.3 Å². The van der Waals surface area contributed by atoms with Crippen molar-refractivity contribution in [3.05, 3.63) is 70.8 Å². The molecule has 31 heavy (non-hydrogen) atoms. The van der Waals surface area contributed by atoms with Crippen LogP contribution in [0.4, 0.5) is 0 Å². The minimum Gasteiger partial charge on any atom is -0.354 e. The van der Waals surface area contributed by atoms with E-state index in [9.17, 15) is 9.59 Å². The molecular formula is C24H26N4O2S. The van der Waals surface area contributed by atoms with E-state index in [4.69, 9.17) is 0 Å². The predicted molar refractivity (Wildman–Crippen MR) is 121 cm³/mol. The Kier molecular flexibility index (Phi) is 7.04. The van der Waals surface area contributed by atoms with E-state index >= 15 is 0 Å². The molecule has 1 aliphatic rings. The van der Waals surface area contributed by atoms with Gasteiger partial charge in [0, 0.05) is 49.3 Å². The number of hydrogen-bond donors (Lipinski definition) is 1. The van der Waals surface area contributed by atoms with Gasteiger partial charge in [-0.2, -0.15) is 0 Å². The molecule has 0 aliphatic carbocycles. The van der Waals surface area contributed by atoms with Gasteiger partial charge in [-0.05, 0) is 37.0 Å². The maximum atomic E-state index is 13.1. The van der Waals surface area contributed by atoms with E-state index in [2.05, 4.69) is 20.7 Å². The monoisotopic (exact) mass is 434 g/mol. The van der Waals surface area contributed by atoms with Crippen LogP contribution in [0.1, 0.15) is 42.3 Å². The minimum atomic E-state index is -0.563. The van der Waals surface area contributed by atoms with Crippen LogP contribution in [0.2, 0.25) is 0 Å². The highest BCUT2D eigenvalue weighted by Crippen LogP contribution is 2.26. The maximum absolute atomic E-state index is 13.1. The van der Waals surface area contributed by atoms with E-state index in [0.717, 1.165) is 47.5 Å². The van der Waals surface area contributed by atoms with Crippen LogP contribution in [0.15, 0.2) is 60.2 Å². The Bertz CT molecular complexity index is 1010. The number of piperidine rings is 1. The molecule has 160 valence electrons. The molecule has 1 saturated heterocycles. The number of pyridine rings is 1. The van der Waals surface area contributed by atoms with Crippen LogP contribution < -0.4 is 5.32 Å². The topological polar surface area (TPSA) is 75.2 Å². The van der Waals surface area contributed by atoms with Crippen molar-refractivity contribution in [1.82, 2.24) is 20.2 Å². The van der Waals surface area contributed by atoms with E-state index in [1.807, 2.05) is 42.5 Å². The zero-order chi connectivity index (χ0) is 21.5. The van der Waals surface area contributed by atoms with Gasteiger partial charge < -0.3 is 10.2 Å². The fraction of sp³-hybridized carbons (Fsp3) is 0.333. The van der Waals surface area contributed by atoms with Gasteiger partial charge in [0.2, 0.25) is 11.8 Å². The molecule has 3 heterocycles. The molecule has 1 unspecified atom stereocenters. The number of carbonyl (C=O) groups is 2. The van der Waals surface area contributed by atoms with Crippen molar-refractivity contribution in [1.29, 1.82) is 0 Å². The highest BCUT2D eigenvalue weighted by atomic mass is 32.1. The van der Waals surface area contributed by atoms with Gasteiger partial charge in [0.1, 0.15) is 6.04 Å². The average molecular weight is 435 g/mol. The van der Waals surface area contributed by atoms with Crippen LogP contribution in [0.25, 0.3) is 11.3 Å². The number of rotatable bonds is 8. The van der Waals surface area contributed by atoms with Crippen LogP contribution >= 0.6 is 11.3 Å². The average Bonchev–Trinajstić information content (AvgIpc) is 3.29. The largest absolute Gasteiger partial charge is 0.354 e. The zero-order valence-electron chi connectivity index (χ0n) is 17.4. The molecule has 7 heteroatoms. The molecule has 1 aromatic carbocycles. The van der Waals surface area contributed by atoms with Crippen LogP contribution in [-0.4, -0.2) is 39.8 Å². The second-order valence-electron chi connectivity index (χ2n) is 7.61. The molecule has 4 rings (SSSR count). The number of benzene rings is 1. The number of aromatic nitrogens is 2. The molecule has 0 saturated carbocycles. The van der Waals surface area contributed by atoms with Crippen LogP contribution in [0, 0.1) is 0 Å². The predicted octanol–water partition coefficient (Wildman–Crippen LogP) is 4.01. The van der Waals surface area contributed by atoms with Gasteiger partial charge in [-0.25, -0.2) is 4.98 Å². The van der Waals surface area contributed by atoms with E-state index in [-0.39, 0.29) is 11.8 Å². The van der Waals surface area contributed by atoms with Crippen molar-refractivity contribution in [3.8, 4) is 11.3 Å². The van der Waals surface area contributed by atoms with E-state index in [1.165, 1.54) is 0 Å². The van der Waals surface area contributed by atoms with Gasteiger partial charge in [-0.15, -0.1) is 11.3 Å². The second-order valence-corrected chi connectivity index (χ2v) is 8.56. The van der Waals surface area contributed by atoms with E-state index < -0.39 is 6.04 Å². The number of hydrogen-bond acceptors (Lipinski definition) is 5. The lowest BCUT2D eigenvalue weighted by atomic mass is 10.0. The minimum absolute atomic E-state index is 0.0571. The van der Waals surface area contributed by atoms with Crippen molar-refractivity contribution in [2.45, 2.75) is 38.1 Å². The Hall–Kier alpha value is -3.06. The molecule has 2 aromatic heterocycles. The standard InChI is InChI=1S/C24H26N4O2S/c29-22-10-4-5-16-28(22)23(19-7-2-1-3-8-19)24(30)26-13-6-9-21-27-20(17-31-21)18-11-14-25-15-12-18/h1-3,7-8,11-12,14-15,17,23H,4-6,9-10,13,16H2,(H,26,30). The van der Waals surface area contributed by atoms with Crippen LogP contribution in [0.5, 0.6) is 0 Å². The first kappa shape index (κ1) is 21.2. The number of nitrogens with zero attached hydrogens (tertiary/aromatic N) is 3. The third-order valence-electron chi connectivity index (χ3n) is 5.43. The highest BCUT2D eigenvalue weighted by Gasteiger charge is 2.32. The lowest BCUT2D eigenvalue weighted by Gasteiger charge is -2.34. The summed E-state index contributed by atoms with van der Waals surface area (Å²) in [6.45, 7) is 1.18. The SMILES string of the molecule is O=C(NCCCc1nc(-c2ccncc2)cs1)C(c1ccccc1)N1CCCCC1=O. The van der Waals surface area contributed by atoms with Gasteiger partial charge in [0.05, 0.1) is 10.7 Å². The summed E-state index contributed by atoms with van der Waals surface area (Å²) in [5.41, 5.74) is 2.87. The quantitative estimate of drug-likeness (QED) is 0.544. The molecule has 1 atom stereocenters. The first-order chi connectivity index (χ1) is 15.2. The highest BCUT2D eigenvalue weighted by molar-refractivity contribution is 7.09. The lowest BCUT2D eigenvalue weighted by Crippen LogP contribution is -2.46. The third kappa shape index (κ3) is 5.35. The second kappa shape index (κ2) is 10.3.